The van der Waals surface area contributed by atoms with Crippen LogP contribution in [-0.2, 0) is 23.3 Å². The molecule has 1 aliphatic rings. The molecule has 1 unspecified atom stereocenters. The van der Waals surface area contributed by atoms with E-state index < -0.39 is 0 Å². The van der Waals surface area contributed by atoms with Gasteiger partial charge in [0, 0.05) is 32.0 Å². The quantitative estimate of drug-likeness (QED) is 0.216. The molecule has 4 aromatic rings. The van der Waals surface area contributed by atoms with E-state index in [-0.39, 0.29) is 17.2 Å². The van der Waals surface area contributed by atoms with Gasteiger partial charge in [0.2, 0.25) is 5.91 Å². The molecular formula is C33H39N3O3. The molecule has 0 aliphatic carbocycles. The lowest BCUT2D eigenvalue weighted by Gasteiger charge is -2.19. The van der Waals surface area contributed by atoms with E-state index in [2.05, 4.69) is 67.8 Å². The summed E-state index contributed by atoms with van der Waals surface area (Å²) in [5.41, 5.74) is 4.67. The van der Waals surface area contributed by atoms with Crippen molar-refractivity contribution in [2.24, 2.45) is 0 Å². The van der Waals surface area contributed by atoms with E-state index in [1.807, 2.05) is 35.2 Å². The minimum Gasteiger partial charge on any atom is -0.497 e. The highest BCUT2D eigenvalue weighted by Crippen LogP contribution is 2.32. The van der Waals surface area contributed by atoms with E-state index in [0.717, 1.165) is 53.3 Å². The zero-order valence-electron chi connectivity index (χ0n) is 23.5. The van der Waals surface area contributed by atoms with Crippen LogP contribution in [0.1, 0.15) is 62.9 Å². The number of nitrogens with zero attached hydrogens (tertiary/aromatic N) is 3. The van der Waals surface area contributed by atoms with Crippen LogP contribution in [0, 0.1) is 0 Å². The third-order valence-electron chi connectivity index (χ3n) is 7.56. The lowest BCUT2D eigenvalue weighted by atomic mass is 9.87. The van der Waals surface area contributed by atoms with Crippen LogP contribution in [0.4, 0.5) is 0 Å². The molecule has 0 saturated carbocycles. The average Bonchev–Trinajstić information content (AvgIpc) is 3.48. The van der Waals surface area contributed by atoms with Gasteiger partial charge in [-0.1, -0.05) is 57.2 Å². The molecule has 1 fully saturated rings. The third-order valence-corrected chi connectivity index (χ3v) is 7.56. The summed E-state index contributed by atoms with van der Waals surface area (Å²) in [7, 11) is 1.66. The first-order valence-electron chi connectivity index (χ1n) is 13.9. The number of carbonyl (C=O) groups is 1. The van der Waals surface area contributed by atoms with Gasteiger partial charge in [-0.15, -0.1) is 0 Å². The fourth-order valence-corrected chi connectivity index (χ4v) is 5.30. The molecular weight excluding hydrogens is 486 g/mol. The fraction of sp³-hybridized carbons (Fsp3) is 0.394. The zero-order valence-corrected chi connectivity index (χ0v) is 23.5. The lowest BCUT2D eigenvalue weighted by Crippen LogP contribution is -2.24. The van der Waals surface area contributed by atoms with Gasteiger partial charge >= 0.3 is 0 Å². The van der Waals surface area contributed by atoms with Gasteiger partial charge in [0.15, 0.2) is 0 Å². The molecule has 1 aliphatic heterocycles. The number of carbonyl (C=O) groups excluding carboxylic acids is 1. The number of hydrogen-bond acceptors (Lipinski definition) is 4. The van der Waals surface area contributed by atoms with Crippen LogP contribution in [0.25, 0.3) is 11.0 Å². The topological polar surface area (TPSA) is 56.6 Å². The molecule has 1 saturated heterocycles. The fourth-order valence-electron chi connectivity index (χ4n) is 5.30. The SMILES string of the molecule is COc1ccc(CN2CC(c3nc4ccccc4n3CCCCOc3ccc(C(C)(C)C)cc3)CC2=O)cc1. The molecule has 1 amide bonds. The second-order valence-corrected chi connectivity index (χ2v) is 11.5. The Kier molecular flexibility index (Phi) is 7.92. The molecule has 0 spiro atoms. The predicted molar refractivity (Wildman–Crippen MR) is 155 cm³/mol. The third kappa shape index (κ3) is 6.27. The predicted octanol–water partition coefficient (Wildman–Crippen LogP) is 6.72. The standard InChI is InChI=1S/C33H39N3O3/c1-33(2,3)26-13-17-28(18-14-26)39-20-8-7-19-36-30-10-6-5-9-29(30)34-32(36)25-21-31(37)35(23-25)22-24-11-15-27(38-4)16-12-24/h5-6,9-18,25H,7-8,19-23H2,1-4H3. The highest BCUT2D eigenvalue weighted by molar-refractivity contribution is 5.81. The van der Waals surface area contributed by atoms with Crippen LogP contribution in [-0.4, -0.2) is 40.6 Å². The molecule has 0 radical (unpaired) electrons. The van der Waals surface area contributed by atoms with Crippen molar-refractivity contribution in [3.05, 3.63) is 89.7 Å². The molecule has 39 heavy (non-hydrogen) atoms. The van der Waals surface area contributed by atoms with E-state index in [4.69, 9.17) is 14.5 Å². The summed E-state index contributed by atoms with van der Waals surface area (Å²) in [5, 5.41) is 0. The van der Waals surface area contributed by atoms with E-state index in [9.17, 15) is 4.79 Å². The number of unbranched alkanes of at least 4 members (excludes halogenated alkanes) is 1. The number of hydrogen-bond donors (Lipinski definition) is 0. The number of ether oxygens (including phenoxy) is 2. The van der Waals surface area contributed by atoms with E-state index in [1.165, 1.54) is 5.56 Å². The highest BCUT2D eigenvalue weighted by Gasteiger charge is 2.34. The number of likely N-dealkylation sites (tertiary alicyclic amines) is 1. The number of aromatic nitrogens is 2. The van der Waals surface area contributed by atoms with E-state index in [1.54, 1.807) is 7.11 Å². The first-order chi connectivity index (χ1) is 18.8. The summed E-state index contributed by atoms with van der Waals surface area (Å²) in [6.07, 6.45) is 2.41. The van der Waals surface area contributed by atoms with E-state index in [0.29, 0.717) is 26.1 Å². The molecule has 5 rings (SSSR count). The van der Waals surface area contributed by atoms with Gasteiger partial charge < -0.3 is 18.9 Å². The second kappa shape index (κ2) is 11.5. The molecule has 2 heterocycles. The van der Waals surface area contributed by atoms with Crippen LogP contribution in [0.15, 0.2) is 72.8 Å². The van der Waals surface area contributed by atoms with Gasteiger partial charge in [-0.3, -0.25) is 4.79 Å². The number of rotatable bonds is 10. The molecule has 0 N–H and O–H groups in total. The number of imidazole rings is 1. The number of para-hydroxylation sites is 2. The molecule has 204 valence electrons. The van der Waals surface area contributed by atoms with Crippen LogP contribution < -0.4 is 9.47 Å². The Hall–Kier alpha value is -3.80. The van der Waals surface area contributed by atoms with Gasteiger partial charge in [-0.05, 0) is 65.8 Å². The van der Waals surface area contributed by atoms with Crippen molar-refractivity contribution in [1.29, 1.82) is 0 Å². The maximum Gasteiger partial charge on any atom is 0.223 e. The number of aryl methyl sites for hydroxylation is 1. The van der Waals surface area contributed by atoms with Gasteiger partial charge in [0.25, 0.3) is 0 Å². The minimum absolute atomic E-state index is 0.0840. The Morgan fingerprint density at radius 3 is 2.36 bits per heavy atom. The van der Waals surface area contributed by atoms with Crippen molar-refractivity contribution in [3.8, 4) is 11.5 Å². The Bertz CT molecular complexity index is 1400. The van der Waals surface area contributed by atoms with E-state index >= 15 is 0 Å². The van der Waals surface area contributed by atoms with Crippen molar-refractivity contribution in [2.75, 3.05) is 20.3 Å². The zero-order chi connectivity index (χ0) is 27.4. The monoisotopic (exact) mass is 525 g/mol. The first kappa shape index (κ1) is 26.8. The van der Waals surface area contributed by atoms with Crippen LogP contribution in [0.5, 0.6) is 11.5 Å². The van der Waals surface area contributed by atoms with Gasteiger partial charge in [0.05, 0.1) is 24.8 Å². The Morgan fingerprint density at radius 1 is 0.923 bits per heavy atom. The molecule has 6 nitrogen and oxygen atoms in total. The Balaban J connectivity index is 1.21. The van der Waals surface area contributed by atoms with Crippen molar-refractivity contribution in [3.63, 3.8) is 0 Å². The summed E-state index contributed by atoms with van der Waals surface area (Å²) in [6, 6.07) is 24.6. The van der Waals surface area contributed by atoms with Crippen LogP contribution in [0.2, 0.25) is 0 Å². The summed E-state index contributed by atoms with van der Waals surface area (Å²) < 4.78 is 13.6. The molecule has 0 bridgehead atoms. The molecule has 3 aromatic carbocycles. The Labute approximate surface area is 231 Å². The number of fused-ring (bicyclic) bond motifs is 1. The van der Waals surface area contributed by atoms with Gasteiger partial charge in [-0.2, -0.15) is 0 Å². The summed E-state index contributed by atoms with van der Waals surface area (Å²) >= 11 is 0. The summed E-state index contributed by atoms with van der Waals surface area (Å²) in [4.78, 5) is 19.9. The van der Waals surface area contributed by atoms with Crippen molar-refractivity contribution in [2.45, 2.75) is 64.5 Å². The largest absolute Gasteiger partial charge is 0.497 e. The summed E-state index contributed by atoms with van der Waals surface area (Å²) in [6.45, 7) is 9.47. The minimum atomic E-state index is 0.0840. The van der Waals surface area contributed by atoms with Crippen LogP contribution in [0.3, 0.4) is 0 Å². The summed E-state index contributed by atoms with van der Waals surface area (Å²) in [5.74, 6) is 3.02. The maximum atomic E-state index is 13.0. The van der Waals surface area contributed by atoms with Crippen molar-refractivity contribution in [1.82, 2.24) is 14.5 Å². The number of benzene rings is 3. The normalized spacial score (nSPS) is 15.7. The Morgan fingerprint density at radius 2 is 1.64 bits per heavy atom. The average molecular weight is 526 g/mol. The first-order valence-corrected chi connectivity index (χ1v) is 13.9. The van der Waals surface area contributed by atoms with Crippen molar-refractivity contribution >= 4 is 16.9 Å². The molecule has 6 heteroatoms. The van der Waals surface area contributed by atoms with Gasteiger partial charge in [0.1, 0.15) is 17.3 Å². The number of methoxy groups -OCH3 is 1. The number of amides is 1. The van der Waals surface area contributed by atoms with Gasteiger partial charge in [-0.25, -0.2) is 4.98 Å². The second-order valence-electron chi connectivity index (χ2n) is 11.5. The van der Waals surface area contributed by atoms with Crippen molar-refractivity contribution < 1.29 is 14.3 Å². The molecule has 1 atom stereocenters. The molecule has 1 aromatic heterocycles. The van der Waals surface area contributed by atoms with Crippen LogP contribution >= 0.6 is 0 Å². The lowest BCUT2D eigenvalue weighted by molar-refractivity contribution is -0.128. The highest BCUT2D eigenvalue weighted by atomic mass is 16.5. The smallest absolute Gasteiger partial charge is 0.223 e. The maximum absolute atomic E-state index is 13.0.